The summed E-state index contributed by atoms with van der Waals surface area (Å²) in [5, 5.41) is 19.9. The second-order valence-electron chi connectivity index (χ2n) is 4.25. The number of hydrogen-bond acceptors (Lipinski definition) is 4. The predicted octanol–water partition coefficient (Wildman–Crippen LogP) is 3.19. The summed E-state index contributed by atoms with van der Waals surface area (Å²) in [5.74, 6) is -1.73. The molecule has 110 valence electrons. The lowest BCUT2D eigenvalue weighted by molar-refractivity contribution is -0.384. The van der Waals surface area contributed by atoms with Crippen LogP contribution in [0.3, 0.4) is 0 Å². The van der Waals surface area contributed by atoms with Gasteiger partial charge in [0.2, 0.25) is 0 Å². The molecule has 0 amide bonds. The van der Waals surface area contributed by atoms with Gasteiger partial charge >= 0.3 is 5.97 Å². The predicted molar refractivity (Wildman–Crippen MR) is 75.5 cm³/mol. The first-order valence-corrected chi connectivity index (χ1v) is 6.69. The number of carbonyl (C=O) groups is 1. The Morgan fingerprint density at radius 1 is 1.60 bits per heavy atom. The normalized spacial score (nSPS) is 12.0. The number of rotatable bonds is 6. The monoisotopic (exact) mass is 348 g/mol. The minimum Gasteiger partial charge on any atom is -0.481 e. The van der Waals surface area contributed by atoms with Gasteiger partial charge in [0.05, 0.1) is 21.9 Å². The number of nitrogens with zero attached hydrogens (tertiary/aromatic N) is 2. The third kappa shape index (κ3) is 3.66. The summed E-state index contributed by atoms with van der Waals surface area (Å²) in [4.78, 5) is 22.7. The summed E-state index contributed by atoms with van der Waals surface area (Å²) in [7, 11) is 0. The molecule has 0 aliphatic heterocycles. The van der Waals surface area contributed by atoms with Crippen molar-refractivity contribution in [2.45, 2.75) is 26.3 Å². The van der Waals surface area contributed by atoms with Gasteiger partial charge in [0, 0.05) is 12.6 Å². The summed E-state index contributed by atoms with van der Waals surface area (Å²) in [6.07, 6.45) is -0.167. The number of benzene rings is 1. The number of nitro benzene ring substituents is 1. The molecule has 8 heteroatoms. The molecule has 1 N–H and O–H groups in total. The molecule has 0 bridgehead atoms. The number of carboxylic acid groups (broad SMARTS) is 1. The first kappa shape index (κ1) is 16.4. The van der Waals surface area contributed by atoms with E-state index in [2.05, 4.69) is 15.9 Å². The molecule has 0 heterocycles. The van der Waals surface area contributed by atoms with E-state index >= 15 is 0 Å². The molecule has 1 atom stereocenters. The van der Waals surface area contributed by atoms with Crippen LogP contribution in [0.15, 0.2) is 16.6 Å². The van der Waals surface area contributed by atoms with Crippen molar-refractivity contribution in [2.24, 2.45) is 0 Å². The third-order valence-electron chi connectivity index (χ3n) is 2.87. The van der Waals surface area contributed by atoms with E-state index < -0.39 is 22.8 Å². The quantitative estimate of drug-likeness (QED) is 0.630. The van der Waals surface area contributed by atoms with Crippen molar-refractivity contribution in [3.8, 4) is 0 Å². The number of hydrogen-bond donors (Lipinski definition) is 1. The highest BCUT2D eigenvalue weighted by molar-refractivity contribution is 9.10. The van der Waals surface area contributed by atoms with Crippen LogP contribution in [0.2, 0.25) is 0 Å². The SMILES string of the molecule is CCN(c1cc(Br)c(F)cc1[N+](=O)[O-])C(C)CC(=O)O. The van der Waals surface area contributed by atoms with Crippen LogP contribution in [-0.4, -0.2) is 28.6 Å². The number of halogens is 2. The van der Waals surface area contributed by atoms with Crippen LogP contribution in [0.1, 0.15) is 20.3 Å². The van der Waals surface area contributed by atoms with Crippen molar-refractivity contribution in [3.63, 3.8) is 0 Å². The molecule has 1 unspecified atom stereocenters. The van der Waals surface area contributed by atoms with E-state index in [1.807, 2.05) is 0 Å². The Hall–Kier alpha value is -1.70. The smallest absolute Gasteiger partial charge is 0.305 e. The number of aliphatic carboxylic acids is 1. The average Bonchev–Trinajstić information content (AvgIpc) is 2.32. The van der Waals surface area contributed by atoms with Gasteiger partial charge in [-0.05, 0) is 35.8 Å². The van der Waals surface area contributed by atoms with E-state index in [0.717, 1.165) is 6.07 Å². The van der Waals surface area contributed by atoms with Crippen molar-refractivity contribution >= 4 is 33.3 Å². The van der Waals surface area contributed by atoms with Crippen LogP contribution in [0.25, 0.3) is 0 Å². The van der Waals surface area contributed by atoms with Crippen LogP contribution in [-0.2, 0) is 4.79 Å². The number of anilines is 1. The van der Waals surface area contributed by atoms with E-state index in [1.54, 1.807) is 18.7 Å². The summed E-state index contributed by atoms with van der Waals surface area (Å²) in [6, 6.07) is 1.68. The van der Waals surface area contributed by atoms with E-state index in [4.69, 9.17) is 5.11 Å². The van der Waals surface area contributed by atoms with Gasteiger partial charge in [0.15, 0.2) is 0 Å². The molecule has 20 heavy (non-hydrogen) atoms. The Labute approximate surface area is 123 Å². The largest absolute Gasteiger partial charge is 0.481 e. The lowest BCUT2D eigenvalue weighted by Gasteiger charge is -2.29. The molecule has 0 saturated carbocycles. The highest BCUT2D eigenvalue weighted by Crippen LogP contribution is 2.34. The second kappa shape index (κ2) is 6.65. The minimum atomic E-state index is -1.00. The highest BCUT2D eigenvalue weighted by Gasteiger charge is 2.25. The number of carboxylic acids is 1. The molecule has 1 rings (SSSR count). The maximum atomic E-state index is 13.4. The van der Waals surface area contributed by atoms with Crippen molar-refractivity contribution in [1.29, 1.82) is 0 Å². The van der Waals surface area contributed by atoms with Crippen molar-refractivity contribution in [1.82, 2.24) is 0 Å². The van der Waals surface area contributed by atoms with E-state index in [1.165, 1.54) is 6.07 Å². The van der Waals surface area contributed by atoms with E-state index in [0.29, 0.717) is 6.54 Å². The lowest BCUT2D eigenvalue weighted by Crippen LogP contribution is -2.35. The topological polar surface area (TPSA) is 83.7 Å². The fourth-order valence-corrected chi connectivity index (χ4v) is 2.32. The van der Waals surface area contributed by atoms with Gasteiger partial charge in [-0.2, -0.15) is 0 Å². The molecule has 0 aromatic heterocycles. The summed E-state index contributed by atoms with van der Waals surface area (Å²) >= 11 is 2.99. The van der Waals surface area contributed by atoms with Crippen molar-refractivity contribution in [3.05, 3.63) is 32.5 Å². The summed E-state index contributed by atoms with van der Waals surface area (Å²) in [5.41, 5.74) is -0.190. The lowest BCUT2D eigenvalue weighted by atomic mass is 10.1. The zero-order valence-electron chi connectivity index (χ0n) is 11.0. The van der Waals surface area contributed by atoms with Gasteiger partial charge in [0.1, 0.15) is 11.5 Å². The third-order valence-corrected chi connectivity index (χ3v) is 3.47. The molecule has 6 nitrogen and oxygen atoms in total. The molecular formula is C12H14BrFN2O4. The Morgan fingerprint density at radius 3 is 2.65 bits per heavy atom. The summed E-state index contributed by atoms with van der Waals surface area (Å²) in [6.45, 7) is 3.77. The Morgan fingerprint density at radius 2 is 2.20 bits per heavy atom. The first-order valence-electron chi connectivity index (χ1n) is 5.89. The van der Waals surface area contributed by atoms with Crippen molar-refractivity contribution < 1.29 is 19.2 Å². The molecule has 0 saturated heterocycles. The fourth-order valence-electron chi connectivity index (χ4n) is 1.98. The van der Waals surface area contributed by atoms with Gasteiger partial charge in [0.25, 0.3) is 5.69 Å². The number of nitro groups is 1. The minimum absolute atomic E-state index is 0.0964. The molecule has 0 aliphatic rings. The maximum absolute atomic E-state index is 13.4. The van der Waals surface area contributed by atoms with Gasteiger partial charge in [-0.15, -0.1) is 0 Å². The van der Waals surface area contributed by atoms with Crippen LogP contribution in [0.5, 0.6) is 0 Å². The van der Waals surface area contributed by atoms with Crippen LogP contribution in [0, 0.1) is 15.9 Å². The molecule has 1 aromatic rings. The van der Waals surface area contributed by atoms with Crippen LogP contribution < -0.4 is 4.90 Å². The zero-order chi connectivity index (χ0) is 15.4. The molecule has 1 aromatic carbocycles. The highest BCUT2D eigenvalue weighted by atomic mass is 79.9. The summed E-state index contributed by atoms with van der Waals surface area (Å²) < 4.78 is 13.5. The van der Waals surface area contributed by atoms with Gasteiger partial charge < -0.3 is 10.0 Å². The van der Waals surface area contributed by atoms with E-state index in [-0.39, 0.29) is 22.3 Å². The molecule has 0 aliphatic carbocycles. The van der Waals surface area contributed by atoms with Crippen molar-refractivity contribution in [2.75, 3.05) is 11.4 Å². The first-order chi connectivity index (χ1) is 9.27. The Balaban J connectivity index is 3.30. The maximum Gasteiger partial charge on any atom is 0.305 e. The fraction of sp³-hybridized carbons (Fsp3) is 0.417. The Bertz CT molecular complexity index is 538. The van der Waals surface area contributed by atoms with Crippen LogP contribution >= 0.6 is 15.9 Å². The Kier molecular flexibility index (Phi) is 5.43. The molecule has 0 fully saturated rings. The average molecular weight is 349 g/mol. The molecule has 0 radical (unpaired) electrons. The van der Waals surface area contributed by atoms with Gasteiger partial charge in [-0.3, -0.25) is 14.9 Å². The standard InChI is InChI=1S/C12H14BrFN2O4/c1-3-15(7(2)4-12(17)18)10-5-8(13)9(14)6-11(10)16(19)20/h5-7H,3-4H2,1-2H3,(H,17,18). The second-order valence-corrected chi connectivity index (χ2v) is 5.10. The molecular weight excluding hydrogens is 335 g/mol. The van der Waals surface area contributed by atoms with E-state index in [9.17, 15) is 19.3 Å². The van der Waals surface area contributed by atoms with Gasteiger partial charge in [-0.1, -0.05) is 0 Å². The zero-order valence-corrected chi connectivity index (χ0v) is 12.6. The molecule has 0 spiro atoms. The van der Waals surface area contributed by atoms with Gasteiger partial charge in [-0.25, -0.2) is 4.39 Å². The van der Waals surface area contributed by atoms with Crippen LogP contribution in [0.4, 0.5) is 15.8 Å².